The second-order valence-corrected chi connectivity index (χ2v) is 4.62. The van der Waals surface area contributed by atoms with Crippen LogP contribution >= 0.6 is 0 Å². The van der Waals surface area contributed by atoms with E-state index in [1.54, 1.807) is 6.20 Å². The molecule has 5 heteroatoms. The normalized spacial score (nSPS) is 10.4. The first-order chi connectivity index (χ1) is 9.79. The number of aryl methyl sites for hydroxylation is 1. The van der Waals surface area contributed by atoms with E-state index in [9.17, 15) is 4.79 Å². The maximum absolute atomic E-state index is 11.9. The molecule has 1 amide bonds. The second kappa shape index (κ2) is 7.45. The molecule has 0 radical (unpaired) electrons. The third-order valence-corrected chi connectivity index (χ3v) is 3.13. The van der Waals surface area contributed by atoms with Gasteiger partial charge in [0.1, 0.15) is 0 Å². The summed E-state index contributed by atoms with van der Waals surface area (Å²) < 4.78 is 1.86. The lowest BCUT2D eigenvalue weighted by atomic mass is 10.0. The minimum Gasteiger partial charge on any atom is -0.356 e. The van der Waals surface area contributed by atoms with Gasteiger partial charge in [-0.1, -0.05) is 24.3 Å². The fourth-order valence-corrected chi connectivity index (χ4v) is 2.07. The van der Waals surface area contributed by atoms with Crippen molar-refractivity contribution in [3.63, 3.8) is 0 Å². The van der Waals surface area contributed by atoms with Gasteiger partial charge in [-0.15, -0.1) is 0 Å². The molecular formula is C15H20N4O. The van der Waals surface area contributed by atoms with E-state index in [2.05, 4.69) is 10.4 Å². The van der Waals surface area contributed by atoms with Gasteiger partial charge in [0.05, 0.1) is 6.42 Å². The minimum absolute atomic E-state index is 0.0337. The molecule has 0 bridgehead atoms. The third kappa shape index (κ3) is 4.20. The summed E-state index contributed by atoms with van der Waals surface area (Å²) >= 11 is 0. The molecular weight excluding hydrogens is 252 g/mol. The monoisotopic (exact) mass is 272 g/mol. The third-order valence-electron chi connectivity index (χ3n) is 3.13. The number of nitrogens with zero attached hydrogens (tertiary/aromatic N) is 2. The maximum Gasteiger partial charge on any atom is 0.224 e. The number of nitrogens with one attached hydrogen (secondary N) is 1. The lowest BCUT2D eigenvalue weighted by molar-refractivity contribution is -0.120. The van der Waals surface area contributed by atoms with Gasteiger partial charge in [0.2, 0.25) is 5.91 Å². The highest BCUT2D eigenvalue weighted by molar-refractivity contribution is 5.78. The van der Waals surface area contributed by atoms with Gasteiger partial charge in [-0.3, -0.25) is 9.48 Å². The molecule has 2 aromatic rings. The molecule has 0 aliphatic rings. The van der Waals surface area contributed by atoms with Gasteiger partial charge in [-0.05, 0) is 23.6 Å². The Kier molecular flexibility index (Phi) is 5.32. The Morgan fingerprint density at radius 2 is 2.05 bits per heavy atom. The van der Waals surface area contributed by atoms with Crippen LogP contribution in [0.15, 0.2) is 42.7 Å². The van der Waals surface area contributed by atoms with Crippen LogP contribution in [0.4, 0.5) is 0 Å². The van der Waals surface area contributed by atoms with Crippen molar-refractivity contribution in [2.45, 2.75) is 25.9 Å². The van der Waals surface area contributed by atoms with E-state index in [1.807, 2.05) is 41.2 Å². The number of carbonyl (C=O) groups excluding carboxylic acids is 1. The smallest absolute Gasteiger partial charge is 0.224 e. The lowest BCUT2D eigenvalue weighted by Gasteiger charge is -2.08. The van der Waals surface area contributed by atoms with Crippen LogP contribution in [0.2, 0.25) is 0 Å². The number of nitrogens with two attached hydrogens (primary N) is 1. The van der Waals surface area contributed by atoms with Gasteiger partial charge in [0, 0.05) is 32.0 Å². The number of hydrogen-bond acceptors (Lipinski definition) is 3. The van der Waals surface area contributed by atoms with Crippen molar-refractivity contribution in [1.29, 1.82) is 0 Å². The largest absolute Gasteiger partial charge is 0.356 e. The molecule has 5 nitrogen and oxygen atoms in total. The number of amides is 1. The summed E-state index contributed by atoms with van der Waals surface area (Å²) in [6.07, 6.45) is 4.92. The molecule has 3 N–H and O–H groups in total. The molecule has 0 spiro atoms. The Balaban J connectivity index is 1.72. The number of hydrogen-bond donors (Lipinski definition) is 2. The second-order valence-electron chi connectivity index (χ2n) is 4.62. The zero-order valence-corrected chi connectivity index (χ0v) is 11.5. The van der Waals surface area contributed by atoms with E-state index in [0.29, 0.717) is 19.5 Å². The van der Waals surface area contributed by atoms with E-state index in [1.165, 1.54) is 0 Å². The summed E-state index contributed by atoms with van der Waals surface area (Å²) in [6.45, 7) is 1.93. The zero-order chi connectivity index (χ0) is 14.2. The molecule has 0 aliphatic heterocycles. The van der Waals surface area contributed by atoms with Crippen molar-refractivity contribution in [3.05, 3.63) is 53.9 Å². The Hall–Kier alpha value is -2.14. The van der Waals surface area contributed by atoms with Crippen LogP contribution in [0.1, 0.15) is 17.5 Å². The van der Waals surface area contributed by atoms with Crippen LogP contribution in [0, 0.1) is 0 Å². The predicted octanol–water partition coefficient (Wildman–Crippen LogP) is 1.09. The first kappa shape index (κ1) is 14.3. The minimum atomic E-state index is 0.0337. The fourth-order valence-electron chi connectivity index (χ4n) is 2.07. The average molecular weight is 272 g/mol. The molecule has 1 aromatic heterocycles. The summed E-state index contributed by atoms with van der Waals surface area (Å²) in [4.78, 5) is 11.9. The van der Waals surface area contributed by atoms with Gasteiger partial charge in [-0.25, -0.2) is 0 Å². The predicted molar refractivity (Wildman–Crippen MR) is 77.9 cm³/mol. The van der Waals surface area contributed by atoms with Crippen LogP contribution < -0.4 is 11.1 Å². The zero-order valence-electron chi connectivity index (χ0n) is 11.5. The Morgan fingerprint density at radius 3 is 2.75 bits per heavy atom. The standard InChI is InChI=1S/C15H20N4O/c16-12-14-6-2-1-5-13(14)11-15(20)17-7-3-9-19-10-4-8-18-19/h1-2,4-6,8,10H,3,7,9,11-12,16H2,(H,17,20). The highest BCUT2D eigenvalue weighted by atomic mass is 16.1. The Bertz CT molecular complexity index is 537. The van der Waals surface area contributed by atoms with Crippen molar-refractivity contribution >= 4 is 5.91 Å². The van der Waals surface area contributed by atoms with E-state index in [0.717, 1.165) is 24.1 Å². The lowest BCUT2D eigenvalue weighted by Crippen LogP contribution is -2.27. The first-order valence-electron chi connectivity index (χ1n) is 6.80. The van der Waals surface area contributed by atoms with E-state index in [-0.39, 0.29) is 5.91 Å². The highest BCUT2D eigenvalue weighted by Gasteiger charge is 2.06. The van der Waals surface area contributed by atoms with Crippen molar-refractivity contribution in [2.75, 3.05) is 6.54 Å². The quantitative estimate of drug-likeness (QED) is 0.741. The van der Waals surface area contributed by atoms with Gasteiger partial charge in [0.25, 0.3) is 0 Å². The van der Waals surface area contributed by atoms with Crippen molar-refractivity contribution in [1.82, 2.24) is 15.1 Å². The summed E-state index contributed by atoms with van der Waals surface area (Å²) in [7, 11) is 0. The molecule has 20 heavy (non-hydrogen) atoms. The Labute approximate surface area is 118 Å². The fraction of sp³-hybridized carbons (Fsp3) is 0.333. The van der Waals surface area contributed by atoms with Gasteiger partial charge in [-0.2, -0.15) is 5.10 Å². The summed E-state index contributed by atoms with van der Waals surface area (Å²) in [6, 6.07) is 9.67. The van der Waals surface area contributed by atoms with E-state index >= 15 is 0 Å². The number of aromatic nitrogens is 2. The highest BCUT2D eigenvalue weighted by Crippen LogP contribution is 2.08. The Morgan fingerprint density at radius 1 is 1.25 bits per heavy atom. The topological polar surface area (TPSA) is 72.9 Å². The van der Waals surface area contributed by atoms with Crippen molar-refractivity contribution in [3.8, 4) is 0 Å². The van der Waals surface area contributed by atoms with Crippen LogP contribution in [0.3, 0.4) is 0 Å². The summed E-state index contributed by atoms with van der Waals surface area (Å²) in [5, 5.41) is 7.04. The molecule has 0 saturated carbocycles. The maximum atomic E-state index is 11.9. The van der Waals surface area contributed by atoms with Crippen LogP contribution in [-0.2, 0) is 24.3 Å². The number of carbonyl (C=O) groups is 1. The molecule has 2 rings (SSSR count). The molecule has 0 unspecified atom stereocenters. The van der Waals surface area contributed by atoms with E-state index < -0.39 is 0 Å². The van der Waals surface area contributed by atoms with Gasteiger partial charge >= 0.3 is 0 Å². The van der Waals surface area contributed by atoms with Crippen LogP contribution in [0.25, 0.3) is 0 Å². The van der Waals surface area contributed by atoms with Gasteiger partial charge in [0.15, 0.2) is 0 Å². The van der Waals surface area contributed by atoms with E-state index in [4.69, 9.17) is 5.73 Å². The number of benzene rings is 1. The van der Waals surface area contributed by atoms with Crippen molar-refractivity contribution in [2.24, 2.45) is 5.73 Å². The number of rotatable bonds is 7. The van der Waals surface area contributed by atoms with Gasteiger partial charge < -0.3 is 11.1 Å². The van der Waals surface area contributed by atoms with Crippen molar-refractivity contribution < 1.29 is 4.79 Å². The molecule has 1 aromatic carbocycles. The molecule has 0 fully saturated rings. The first-order valence-corrected chi connectivity index (χ1v) is 6.80. The summed E-state index contributed by atoms with van der Waals surface area (Å²) in [5.41, 5.74) is 7.69. The molecule has 0 aliphatic carbocycles. The summed E-state index contributed by atoms with van der Waals surface area (Å²) in [5.74, 6) is 0.0337. The van der Waals surface area contributed by atoms with Crippen LogP contribution in [0.5, 0.6) is 0 Å². The SMILES string of the molecule is NCc1ccccc1CC(=O)NCCCn1cccn1. The van der Waals surface area contributed by atoms with Crippen LogP contribution in [-0.4, -0.2) is 22.2 Å². The molecule has 0 saturated heterocycles. The molecule has 106 valence electrons. The molecule has 0 atom stereocenters. The average Bonchev–Trinajstić information content (AvgIpc) is 2.97. The molecule has 1 heterocycles.